The molecule has 1 aliphatic rings. The molecular weight excluding hydrogens is 268 g/mol. The summed E-state index contributed by atoms with van der Waals surface area (Å²) in [6.45, 7) is 7.24. The highest BCUT2D eigenvalue weighted by Gasteiger charge is 2.21. The summed E-state index contributed by atoms with van der Waals surface area (Å²) in [6.07, 6.45) is 2.50. The fraction of sp³-hybridized carbons (Fsp3) is 0.583. The first-order chi connectivity index (χ1) is 7.63. The third kappa shape index (κ3) is 3.27. The van der Waals surface area contributed by atoms with E-state index in [1.165, 1.54) is 5.56 Å². The van der Waals surface area contributed by atoms with E-state index in [1.807, 2.05) is 6.20 Å². The van der Waals surface area contributed by atoms with Gasteiger partial charge in [-0.15, -0.1) is 0 Å². The average Bonchev–Trinajstić information content (AvgIpc) is 2.15. The first kappa shape index (κ1) is 12.0. The van der Waals surface area contributed by atoms with Crippen molar-refractivity contribution < 1.29 is 4.74 Å². The number of nitrogens with zero attached hydrogens (tertiary/aromatic N) is 2. The van der Waals surface area contributed by atoms with Gasteiger partial charge in [0.05, 0.1) is 12.2 Å². The molecule has 1 aliphatic heterocycles. The highest BCUT2D eigenvalue weighted by atomic mass is 79.9. The van der Waals surface area contributed by atoms with Crippen molar-refractivity contribution in [3.63, 3.8) is 0 Å². The van der Waals surface area contributed by atoms with Gasteiger partial charge in [-0.25, -0.2) is 4.98 Å². The van der Waals surface area contributed by atoms with Crippen LogP contribution in [0.3, 0.4) is 0 Å². The Morgan fingerprint density at radius 1 is 1.44 bits per heavy atom. The van der Waals surface area contributed by atoms with Crippen LogP contribution in [-0.2, 0) is 11.3 Å². The minimum Gasteiger partial charge on any atom is -0.373 e. The van der Waals surface area contributed by atoms with E-state index < -0.39 is 0 Å². The van der Waals surface area contributed by atoms with Crippen LogP contribution in [0.2, 0.25) is 0 Å². The highest BCUT2D eigenvalue weighted by molar-refractivity contribution is 9.10. The van der Waals surface area contributed by atoms with E-state index in [0.717, 1.165) is 24.2 Å². The van der Waals surface area contributed by atoms with E-state index in [-0.39, 0.29) is 0 Å². The van der Waals surface area contributed by atoms with Crippen molar-refractivity contribution in [1.29, 1.82) is 0 Å². The number of halogens is 1. The Balaban J connectivity index is 1.98. The third-order valence-electron chi connectivity index (χ3n) is 2.69. The van der Waals surface area contributed by atoms with E-state index in [0.29, 0.717) is 12.2 Å². The maximum atomic E-state index is 5.71. The molecule has 0 spiro atoms. The maximum Gasteiger partial charge on any atom is 0.106 e. The molecule has 88 valence electrons. The van der Waals surface area contributed by atoms with Crippen molar-refractivity contribution in [2.75, 3.05) is 13.1 Å². The van der Waals surface area contributed by atoms with Gasteiger partial charge >= 0.3 is 0 Å². The number of pyridine rings is 1. The van der Waals surface area contributed by atoms with Crippen LogP contribution in [0.25, 0.3) is 0 Å². The summed E-state index contributed by atoms with van der Waals surface area (Å²) in [5.41, 5.74) is 1.29. The van der Waals surface area contributed by atoms with Crippen LogP contribution in [-0.4, -0.2) is 35.2 Å². The Kier molecular flexibility index (Phi) is 3.95. The first-order valence-corrected chi connectivity index (χ1v) is 6.41. The van der Waals surface area contributed by atoms with Crippen LogP contribution in [0.1, 0.15) is 19.4 Å². The van der Waals surface area contributed by atoms with Crippen molar-refractivity contribution in [3.05, 3.63) is 28.5 Å². The molecule has 16 heavy (non-hydrogen) atoms. The molecule has 2 atom stereocenters. The van der Waals surface area contributed by atoms with Crippen molar-refractivity contribution in [1.82, 2.24) is 9.88 Å². The van der Waals surface area contributed by atoms with Gasteiger partial charge in [0.1, 0.15) is 4.60 Å². The lowest BCUT2D eigenvalue weighted by Crippen LogP contribution is -2.44. The van der Waals surface area contributed by atoms with E-state index in [2.05, 4.69) is 51.8 Å². The van der Waals surface area contributed by atoms with Gasteiger partial charge in [0.15, 0.2) is 0 Å². The second-order valence-corrected chi connectivity index (χ2v) is 5.25. The summed E-state index contributed by atoms with van der Waals surface area (Å²) >= 11 is 3.40. The molecule has 0 saturated carbocycles. The van der Waals surface area contributed by atoms with Crippen LogP contribution >= 0.6 is 15.9 Å². The zero-order valence-corrected chi connectivity index (χ0v) is 11.3. The molecule has 0 aromatic carbocycles. The highest BCUT2D eigenvalue weighted by Crippen LogP contribution is 2.15. The summed E-state index contributed by atoms with van der Waals surface area (Å²) in [5, 5.41) is 0. The van der Waals surface area contributed by atoms with Crippen molar-refractivity contribution in [3.8, 4) is 0 Å². The summed E-state index contributed by atoms with van der Waals surface area (Å²) in [6, 6.07) is 4.14. The normalized spacial score (nSPS) is 26.9. The lowest BCUT2D eigenvalue weighted by atomic mass is 10.2. The van der Waals surface area contributed by atoms with Crippen molar-refractivity contribution in [2.24, 2.45) is 0 Å². The fourth-order valence-electron chi connectivity index (χ4n) is 2.21. The second-order valence-electron chi connectivity index (χ2n) is 4.44. The maximum absolute atomic E-state index is 5.71. The molecule has 1 aromatic rings. The number of morpholine rings is 1. The first-order valence-electron chi connectivity index (χ1n) is 5.61. The van der Waals surface area contributed by atoms with Crippen LogP contribution in [0.5, 0.6) is 0 Å². The van der Waals surface area contributed by atoms with Gasteiger partial charge < -0.3 is 4.74 Å². The summed E-state index contributed by atoms with van der Waals surface area (Å²) < 4.78 is 6.62. The molecule has 1 fully saturated rings. The Morgan fingerprint density at radius 2 is 2.12 bits per heavy atom. The molecular formula is C12H17BrN2O. The van der Waals surface area contributed by atoms with Gasteiger partial charge in [-0.2, -0.15) is 0 Å². The molecule has 3 nitrogen and oxygen atoms in total. The largest absolute Gasteiger partial charge is 0.373 e. The predicted molar refractivity (Wildman–Crippen MR) is 67.2 cm³/mol. The predicted octanol–water partition coefficient (Wildman–Crippen LogP) is 2.45. The molecule has 0 N–H and O–H groups in total. The molecule has 0 bridgehead atoms. The average molecular weight is 285 g/mol. The number of ether oxygens (including phenoxy) is 1. The Bertz CT molecular complexity index is 349. The van der Waals surface area contributed by atoms with Gasteiger partial charge in [-0.05, 0) is 47.5 Å². The summed E-state index contributed by atoms with van der Waals surface area (Å²) in [5.74, 6) is 0. The van der Waals surface area contributed by atoms with Gasteiger partial charge in [-0.1, -0.05) is 0 Å². The zero-order valence-electron chi connectivity index (χ0n) is 9.69. The lowest BCUT2D eigenvalue weighted by molar-refractivity contribution is -0.0704. The van der Waals surface area contributed by atoms with Crippen molar-refractivity contribution >= 4 is 15.9 Å². The topological polar surface area (TPSA) is 25.4 Å². The summed E-state index contributed by atoms with van der Waals surface area (Å²) in [4.78, 5) is 6.57. The molecule has 0 radical (unpaired) electrons. The van der Waals surface area contributed by atoms with Crippen LogP contribution in [0, 0.1) is 0 Å². The molecule has 1 aromatic heterocycles. The number of rotatable bonds is 2. The second kappa shape index (κ2) is 5.25. The SMILES string of the molecule is CC1CN(Cc2ccnc(Br)c2)C[C@H](C)O1. The molecule has 2 rings (SSSR count). The number of hydrogen-bond acceptors (Lipinski definition) is 3. The van der Waals surface area contributed by atoms with Gasteiger partial charge in [0.25, 0.3) is 0 Å². The van der Waals surface area contributed by atoms with Crippen LogP contribution < -0.4 is 0 Å². The Labute approximate surface area is 105 Å². The molecule has 0 aliphatic carbocycles. The Hall–Kier alpha value is -0.450. The van der Waals surface area contributed by atoms with E-state index in [4.69, 9.17) is 4.74 Å². The minimum absolute atomic E-state index is 0.328. The third-order valence-corrected chi connectivity index (χ3v) is 3.13. The molecule has 0 amide bonds. The van der Waals surface area contributed by atoms with E-state index in [9.17, 15) is 0 Å². The summed E-state index contributed by atoms with van der Waals surface area (Å²) in [7, 11) is 0. The number of hydrogen-bond donors (Lipinski definition) is 0. The molecule has 1 unspecified atom stereocenters. The molecule has 1 saturated heterocycles. The van der Waals surface area contributed by atoms with E-state index >= 15 is 0 Å². The standard InChI is InChI=1S/C12H17BrN2O/c1-9-6-15(7-10(2)16-9)8-11-3-4-14-12(13)5-11/h3-5,9-10H,6-8H2,1-2H3/t9-,10?/m0/s1. The van der Waals surface area contributed by atoms with Gasteiger partial charge in [-0.3, -0.25) is 4.90 Å². The monoisotopic (exact) mass is 284 g/mol. The van der Waals surface area contributed by atoms with E-state index in [1.54, 1.807) is 0 Å². The number of aromatic nitrogens is 1. The smallest absolute Gasteiger partial charge is 0.106 e. The minimum atomic E-state index is 0.328. The fourth-order valence-corrected chi connectivity index (χ4v) is 2.62. The van der Waals surface area contributed by atoms with Crippen LogP contribution in [0.4, 0.5) is 0 Å². The van der Waals surface area contributed by atoms with Gasteiger partial charge in [0.2, 0.25) is 0 Å². The lowest BCUT2D eigenvalue weighted by Gasteiger charge is -2.35. The Morgan fingerprint density at radius 3 is 2.75 bits per heavy atom. The van der Waals surface area contributed by atoms with Gasteiger partial charge in [0, 0.05) is 25.8 Å². The molecule has 4 heteroatoms. The van der Waals surface area contributed by atoms with Crippen molar-refractivity contribution in [2.45, 2.75) is 32.6 Å². The zero-order chi connectivity index (χ0) is 11.5. The quantitative estimate of drug-likeness (QED) is 0.780. The molecule has 2 heterocycles. The van der Waals surface area contributed by atoms with Crippen LogP contribution in [0.15, 0.2) is 22.9 Å².